The molecule has 2 aromatic carbocycles. The van der Waals surface area contributed by atoms with Crippen molar-refractivity contribution in [3.63, 3.8) is 0 Å². The molecular weight excluding hydrogens is 288 g/mol. The topological polar surface area (TPSA) is 47.8 Å². The van der Waals surface area contributed by atoms with Gasteiger partial charge in [0.15, 0.2) is 5.69 Å². The van der Waals surface area contributed by atoms with Gasteiger partial charge in [-0.2, -0.15) is 0 Å². The van der Waals surface area contributed by atoms with Gasteiger partial charge in [-0.25, -0.2) is 13.5 Å². The van der Waals surface area contributed by atoms with E-state index >= 15 is 0 Å². The highest BCUT2D eigenvalue weighted by Crippen LogP contribution is 2.16. The average Bonchev–Trinajstić information content (AvgIpc) is 2.96. The maximum Gasteiger partial charge on any atom is 0.220 e. The molecule has 0 fully saturated rings. The third kappa shape index (κ3) is 2.76. The minimum absolute atomic E-state index is 0.0973. The van der Waals surface area contributed by atoms with Crippen molar-refractivity contribution in [3.05, 3.63) is 83.2 Å². The first-order chi connectivity index (χ1) is 10.6. The number of carbonyl (C=O) groups excluding carboxylic acids is 1. The minimum atomic E-state index is -0.914. The molecule has 3 rings (SSSR count). The molecule has 1 aromatic heterocycles. The zero-order valence-corrected chi connectivity index (χ0v) is 11.4. The number of aromatic nitrogens is 3. The van der Waals surface area contributed by atoms with Crippen LogP contribution in [0, 0.1) is 11.6 Å². The quantitative estimate of drug-likeness (QED) is 0.696. The average molecular weight is 299 g/mol. The van der Waals surface area contributed by atoms with Gasteiger partial charge in [0.05, 0.1) is 18.3 Å². The Bertz CT molecular complexity index is 795. The van der Waals surface area contributed by atoms with Crippen LogP contribution >= 0.6 is 0 Å². The summed E-state index contributed by atoms with van der Waals surface area (Å²) in [5, 5.41) is 7.52. The fraction of sp³-hybridized carbons (Fsp3) is 0.0625. The van der Waals surface area contributed by atoms with E-state index in [9.17, 15) is 13.6 Å². The van der Waals surface area contributed by atoms with E-state index in [1.807, 2.05) is 30.3 Å². The standard InChI is InChI=1S/C16H11F2N3O/c17-12-7-4-8-13(18)15(12)16(22)14-10-21(20-19-14)9-11-5-2-1-3-6-11/h1-8,10H,9H2. The molecule has 4 nitrogen and oxygen atoms in total. The number of benzene rings is 2. The van der Waals surface area contributed by atoms with Crippen LogP contribution in [-0.4, -0.2) is 20.8 Å². The van der Waals surface area contributed by atoms with Gasteiger partial charge >= 0.3 is 0 Å². The lowest BCUT2D eigenvalue weighted by molar-refractivity contribution is 0.102. The first-order valence-corrected chi connectivity index (χ1v) is 6.58. The molecule has 0 saturated heterocycles. The second kappa shape index (κ2) is 5.85. The van der Waals surface area contributed by atoms with Crippen LogP contribution in [0.25, 0.3) is 0 Å². The molecule has 0 N–H and O–H groups in total. The fourth-order valence-corrected chi connectivity index (χ4v) is 2.09. The molecule has 0 spiro atoms. The van der Waals surface area contributed by atoms with E-state index in [1.165, 1.54) is 16.9 Å². The minimum Gasteiger partial charge on any atom is -0.286 e. The Morgan fingerprint density at radius 3 is 2.36 bits per heavy atom. The molecule has 0 bridgehead atoms. The predicted octanol–water partition coefficient (Wildman–Crippen LogP) is 2.84. The summed E-state index contributed by atoms with van der Waals surface area (Å²) < 4.78 is 28.7. The molecule has 0 saturated carbocycles. The monoisotopic (exact) mass is 299 g/mol. The van der Waals surface area contributed by atoms with E-state index in [-0.39, 0.29) is 5.69 Å². The lowest BCUT2D eigenvalue weighted by Crippen LogP contribution is -2.08. The van der Waals surface area contributed by atoms with Crippen molar-refractivity contribution in [2.45, 2.75) is 6.54 Å². The van der Waals surface area contributed by atoms with Crippen LogP contribution in [0.3, 0.4) is 0 Å². The fourth-order valence-electron chi connectivity index (χ4n) is 2.09. The van der Waals surface area contributed by atoms with Crippen LogP contribution in [-0.2, 0) is 6.54 Å². The van der Waals surface area contributed by atoms with Crippen LogP contribution < -0.4 is 0 Å². The van der Waals surface area contributed by atoms with Gasteiger partial charge in [-0.1, -0.05) is 41.6 Å². The lowest BCUT2D eigenvalue weighted by Gasteiger charge is -2.01. The van der Waals surface area contributed by atoms with E-state index in [4.69, 9.17) is 0 Å². The molecular formula is C16H11F2N3O. The molecule has 0 atom stereocenters. The molecule has 0 aliphatic heterocycles. The van der Waals surface area contributed by atoms with Crippen molar-refractivity contribution in [1.82, 2.24) is 15.0 Å². The number of halogens is 2. The summed E-state index contributed by atoms with van der Waals surface area (Å²) in [7, 11) is 0. The maximum atomic E-state index is 13.6. The summed E-state index contributed by atoms with van der Waals surface area (Å²) in [5.74, 6) is -2.65. The van der Waals surface area contributed by atoms with Crippen LogP contribution in [0.5, 0.6) is 0 Å². The molecule has 0 aliphatic rings. The van der Waals surface area contributed by atoms with E-state index in [0.29, 0.717) is 6.54 Å². The highest BCUT2D eigenvalue weighted by atomic mass is 19.1. The number of hydrogen-bond donors (Lipinski definition) is 0. The largest absolute Gasteiger partial charge is 0.286 e. The normalized spacial score (nSPS) is 10.6. The van der Waals surface area contributed by atoms with Crippen LogP contribution in [0.4, 0.5) is 8.78 Å². The van der Waals surface area contributed by atoms with Crippen molar-refractivity contribution >= 4 is 5.78 Å². The highest BCUT2D eigenvalue weighted by molar-refractivity contribution is 6.07. The van der Waals surface area contributed by atoms with Gasteiger partial charge in [0.25, 0.3) is 0 Å². The van der Waals surface area contributed by atoms with Gasteiger partial charge in [0.2, 0.25) is 5.78 Å². The lowest BCUT2D eigenvalue weighted by atomic mass is 10.1. The summed E-state index contributed by atoms with van der Waals surface area (Å²) in [6.45, 7) is 0.418. The Labute approximate surface area is 125 Å². The second-order valence-electron chi connectivity index (χ2n) is 4.71. The van der Waals surface area contributed by atoms with Gasteiger partial charge in [-0.3, -0.25) is 4.79 Å². The molecule has 0 radical (unpaired) electrons. The number of carbonyl (C=O) groups is 1. The molecule has 0 amide bonds. The zero-order valence-electron chi connectivity index (χ0n) is 11.4. The van der Waals surface area contributed by atoms with Crippen molar-refractivity contribution in [2.75, 3.05) is 0 Å². The molecule has 110 valence electrons. The van der Waals surface area contributed by atoms with Crippen molar-refractivity contribution in [2.24, 2.45) is 0 Å². The van der Waals surface area contributed by atoms with Crippen molar-refractivity contribution in [1.29, 1.82) is 0 Å². The third-order valence-electron chi connectivity index (χ3n) is 3.15. The molecule has 22 heavy (non-hydrogen) atoms. The highest BCUT2D eigenvalue weighted by Gasteiger charge is 2.21. The number of rotatable bonds is 4. The van der Waals surface area contributed by atoms with Gasteiger partial charge < -0.3 is 0 Å². The van der Waals surface area contributed by atoms with Crippen LogP contribution in [0.1, 0.15) is 21.6 Å². The third-order valence-corrected chi connectivity index (χ3v) is 3.15. The Morgan fingerprint density at radius 2 is 1.68 bits per heavy atom. The molecule has 1 heterocycles. The summed E-state index contributed by atoms with van der Waals surface area (Å²) in [6, 6.07) is 12.7. The first-order valence-electron chi connectivity index (χ1n) is 6.58. The van der Waals surface area contributed by atoms with Crippen molar-refractivity contribution in [3.8, 4) is 0 Å². The van der Waals surface area contributed by atoms with Gasteiger partial charge in [-0.05, 0) is 17.7 Å². The van der Waals surface area contributed by atoms with Gasteiger partial charge in [-0.15, -0.1) is 5.10 Å². The molecule has 6 heteroatoms. The SMILES string of the molecule is O=C(c1cn(Cc2ccccc2)nn1)c1c(F)cccc1F. The number of ketones is 1. The van der Waals surface area contributed by atoms with Crippen molar-refractivity contribution < 1.29 is 13.6 Å². The van der Waals surface area contributed by atoms with E-state index in [2.05, 4.69) is 10.3 Å². The Hall–Kier alpha value is -2.89. The summed E-state index contributed by atoms with van der Waals surface area (Å²) in [6.07, 6.45) is 1.38. The molecule has 0 unspecified atom stereocenters. The molecule has 0 aliphatic carbocycles. The van der Waals surface area contributed by atoms with E-state index in [0.717, 1.165) is 17.7 Å². The number of hydrogen-bond acceptors (Lipinski definition) is 3. The Kier molecular flexibility index (Phi) is 3.74. The van der Waals surface area contributed by atoms with Gasteiger partial charge in [0, 0.05) is 0 Å². The predicted molar refractivity (Wildman–Crippen MR) is 75.4 cm³/mol. The van der Waals surface area contributed by atoms with E-state index < -0.39 is 23.0 Å². The summed E-state index contributed by atoms with van der Waals surface area (Å²) in [5.41, 5.74) is 0.262. The maximum absolute atomic E-state index is 13.6. The summed E-state index contributed by atoms with van der Waals surface area (Å²) in [4.78, 5) is 12.2. The first kappa shape index (κ1) is 14.1. The Morgan fingerprint density at radius 1 is 1.00 bits per heavy atom. The van der Waals surface area contributed by atoms with Gasteiger partial charge in [0.1, 0.15) is 11.6 Å². The van der Waals surface area contributed by atoms with Crippen LogP contribution in [0.15, 0.2) is 54.7 Å². The Balaban J connectivity index is 1.86. The van der Waals surface area contributed by atoms with E-state index in [1.54, 1.807) is 0 Å². The number of nitrogens with zero attached hydrogens (tertiary/aromatic N) is 3. The zero-order chi connectivity index (χ0) is 15.5. The molecule has 3 aromatic rings. The summed E-state index contributed by atoms with van der Waals surface area (Å²) >= 11 is 0. The smallest absolute Gasteiger partial charge is 0.220 e. The second-order valence-corrected chi connectivity index (χ2v) is 4.71. The van der Waals surface area contributed by atoms with Crippen LogP contribution in [0.2, 0.25) is 0 Å².